The van der Waals surface area contributed by atoms with Crippen molar-refractivity contribution in [2.24, 2.45) is 0 Å². The molecule has 0 amide bonds. The van der Waals surface area contributed by atoms with E-state index in [0.717, 1.165) is 19.3 Å². The normalized spacial score (nSPS) is 32.2. The SMILES string of the molecule is CCCOO[C@H]1C[C@@H](N(C)C)C[C@@H](C)O1. The summed E-state index contributed by atoms with van der Waals surface area (Å²) in [7, 11) is 4.18. The van der Waals surface area contributed by atoms with Crippen molar-refractivity contribution in [3.63, 3.8) is 0 Å². The molecule has 0 spiro atoms. The van der Waals surface area contributed by atoms with E-state index < -0.39 is 0 Å². The number of nitrogens with zero attached hydrogens (tertiary/aromatic N) is 1. The van der Waals surface area contributed by atoms with Crippen molar-refractivity contribution in [2.45, 2.75) is 51.5 Å². The predicted octanol–water partition coefficient (Wildman–Crippen LogP) is 1.80. The molecule has 0 aliphatic carbocycles. The summed E-state index contributed by atoms with van der Waals surface area (Å²) in [5.41, 5.74) is 0. The van der Waals surface area contributed by atoms with E-state index in [9.17, 15) is 0 Å². The molecule has 1 saturated heterocycles. The highest BCUT2D eigenvalue weighted by atomic mass is 17.2. The lowest BCUT2D eigenvalue weighted by Crippen LogP contribution is -2.42. The Labute approximate surface area is 92.4 Å². The van der Waals surface area contributed by atoms with Crippen LogP contribution in [0.3, 0.4) is 0 Å². The van der Waals surface area contributed by atoms with Gasteiger partial charge in [-0.05, 0) is 33.9 Å². The van der Waals surface area contributed by atoms with E-state index in [0.29, 0.717) is 12.6 Å². The van der Waals surface area contributed by atoms with Gasteiger partial charge in [-0.25, -0.2) is 9.78 Å². The van der Waals surface area contributed by atoms with Crippen LogP contribution in [-0.4, -0.2) is 44.0 Å². The van der Waals surface area contributed by atoms with Crippen LogP contribution in [0.2, 0.25) is 0 Å². The third-order valence-corrected chi connectivity index (χ3v) is 2.65. The van der Waals surface area contributed by atoms with Gasteiger partial charge in [-0.3, -0.25) is 0 Å². The maximum absolute atomic E-state index is 5.64. The number of hydrogen-bond acceptors (Lipinski definition) is 4. The van der Waals surface area contributed by atoms with Gasteiger partial charge in [-0.15, -0.1) is 0 Å². The van der Waals surface area contributed by atoms with Crippen LogP contribution in [0.15, 0.2) is 0 Å². The van der Waals surface area contributed by atoms with Crippen LogP contribution in [0.5, 0.6) is 0 Å². The van der Waals surface area contributed by atoms with E-state index in [1.54, 1.807) is 0 Å². The van der Waals surface area contributed by atoms with E-state index in [-0.39, 0.29) is 12.4 Å². The minimum atomic E-state index is -0.215. The van der Waals surface area contributed by atoms with Crippen molar-refractivity contribution >= 4 is 0 Å². The van der Waals surface area contributed by atoms with Crippen molar-refractivity contribution < 1.29 is 14.5 Å². The molecule has 4 heteroatoms. The minimum Gasteiger partial charge on any atom is -0.347 e. The summed E-state index contributed by atoms with van der Waals surface area (Å²) < 4.78 is 5.64. The van der Waals surface area contributed by atoms with Crippen molar-refractivity contribution in [1.82, 2.24) is 4.90 Å². The first-order chi connectivity index (χ1) is 7.13. The van der Waals surface area contributed by atoms with Gasteiger partial charge in [0.15, 0.2) is 6.29 Å². The number of ether oxygens (including phenoxy) is 1. The molecule has 3 atom stereocenters. The zero-order chi connectivity index (χ0) is 11.3. The Balaban J connectivity index is 2.31. The van der Waals surface area contributed by atoms with Crippen LogP contribution >= 0.6 is 0 Å². The maximum Gasteiger partial charge on any atom is 0.192 e. The summed E-state index contributed by atoms with van der Waals surface area (Å²) in [6.45, 7) is 4.75. The smallest absolute Gasteiger partial charge is 0.192 e. The fourth-order valence-electron chi connectivity index (χ4n) is 1.76. The van der Waals surface area contributed by atoms with Gasteiger partial charge in [0.25, 0.3) is 0 Å². The molecule has 0 bridgehead atoms. The van der Waals surface area contributed by atoms with Gasteiger partial charge < -0.3 is 9.64 Å². The molecule has 0 radical (unpaired) electrons. The van der Waals surface area contributed by atoms with Gasteiger partial charge in [0.2, 0.25) is 0 Å². The van der Waals surface area contributed by atoms with Crippen LogP contribution in [0.1, 0.15) is 33.1 Å². The van der Waals surface area contributed by atoms with Gasteiger partial charge >= 0.3 is 0 Å². The lowest BCUT2D eigenvalue weighted by Gasteiger charge is -2.36. The molecule has 90 valence electrons. The number of hydrogen-bond donors (Lipinski definition) is 0. The Morgan fingerprint density at radius 1 is 1.33 bits per heavy atom. The summed E-state index contributed by atoms with van der Waals surface area (Å²) in [6.07, 6.45) is 2.91. The van der Waals surface area contributed by atoms with E-state index in [2.05, 4.69) is 32.8 Å². The van der Waals surface area contributed by atoms with Gasteiger partial charge in [0.1, 0.15) is 0 Å². The zero-order valence-corrected chi connectivity index (χ0v) is 10.2. The Hall–Kier alpha value is -0.160. The largest absolute Gasteiger partial charge is 0.347 e. The molecule has 4 nitrogen and oxygen atoms in total. The van der Waals surface area contributed by atoms with Gasteiger partial charge in [0.05, 0.1) is 12.7 Å². The zero-order valence-electron chi connectivity index (χ0n) is 10.2. The van der Waals surface area contributed by atoms with Crippen LogP contribution in [0.4, 0.5) is 0 Å². The highest BCUT2D eigenvalue weighted by molar-refractivity contribution is 4.76. The first kappa shape index (κ1) is 12.9. The lowest BCUT2D eigenvalue weighted by molar-refractivity contribution is -0.393. The maximum atomic E-state index is 5.64. The van der Waals surface area contributed by atoms with E-state index in [1.807, 2.05) is 0 Å². The molecule has 0 aromatic rings. The molecule has 1 rings (SSSR count). The Morgan fingerprint density at radius 3 is 2.67 bits per heavy atom. The summed E-state index contributed by atoms with van der Waals surface area (Å²) in [5, 5.41) is 0. The molecule has 0 unspecified atom stereocenters. The molecular weight excluding hydrogens is 194 g/mol. The van der Waals surface area contributed by atoms with Gasteiger partial charge in [-0.1, -0.05) is 6.92 Å². The first-order valence-electron chi connectivity index (χ1n) is 5.73. The molecule has 0 aromatic heterocycles. The second-order valence-corrected chi connectivity index (χ2v) is 4.38. The average Bonchev–Trinajstić information content (AvgIpc) is 2.17. The summed E-state index contributed by atoms with van der Waals surface area (Å²) in [4.78, 5) is 12.5. The van der Waals surface area contributed by atoms with Gasteiger partial charge in [0, 0.05) is 12.5 Å². The molecule has 0 N–H and O–H groups in total. The second-order valence-electron chi connectivity index (χ2n) is 4.38. The summed E-state index contributed by atoms with van der Waals surface area (Å²) >= 11 is 0. The molecular formula is C11H23NO3. The van der Waals surface area contributed by atoms with E-state index >= 15 is 0 Å². The Bertz CT molecular complexity index is 175. The minimum absolute atomic E-state index is 0.215. The molecule has 0 saturated carbocycles. The standard InChI is InChI=1S/C11H23NO3/c1-5-6-13-15-11-8-10(12(3)4)7-9(2)14-11/h9-11H,5-8H2,1-4H3/t9-,10+,11+/m1/s1. The quantitative estimate of drug-likeness (QED) is 0.399. The molecule has 1 aliphatic heterocycles. The Kier molecular flexibility index (Phi) is 5.53. The van der Waals surface area contributed by atoms with Crippen molar-refractivity contribution in [3.8, 4) is 0 Å². The fourth-order valence-corrected chi connectivity index (χ4v) is 1.76. The van der Waals surface area contributed by atoms with Crippen LogP contribution in [0.25, 0.3) is 0 Å². The average molecular weight is 217 g/mol. The lowest BCUT2D eigenvalue weighted by atomic mass is 10.0. The Morgan fingerprint density at radius 2 is 2.07 bits per heavy atom. The molecule has 15 heavy (non-hydrogen) atoms. The van der Waals surface area contributed by atoms with Crippen molar-refractivity contribution in [1.29, 1.82) is 0 Å². The van der Waals surface area contributed by atoms with Crippen LogP contribution in [0, 0.1) is 0 Å². The highest BCUT2D eigenvalue weighted by Gasteiger charge is 2.29. The van der Waals surface area contributed by atoms with E-state index in [4.69, 9.17) is 14.5 Å². The van der Waals surface area contributed by atoms with Crippen LogP contribution in [-0.2, 0) is 14.5 Å². The molecule has 1 fully saturated rings. The molecule has 0 aromatic carbocycles. The fraction of sp³-hybridized carbons (Fsp3) is 1.00. The van der Waals surface area contributed by atoms with Crippen molar-refractivity contribution in [3.05, 3.63) is 0 Å². The first-order valence-corrected chi connectivity index (χ1v) is 5.73. The monoisotopic (exact) mass is 217 g/mol. The van der Waals surface area contributed by atoms with Gasteiger partial charge in [-0.2, -0.15) is 0 Å². The summed E-state index contributed by atoms with van der Waals surface area (Å²) in [6, 6.07) is 0.518. The van der Waals surface area contributed by atoms with Crippen molar-refractivity contribution in [2.75, 3.05) is 20.7 Å². The predicted molar refractivity (Wildman–Crippen MR) is 58.4 cm³/mol. The third-order valence-electron chi connectivity index (χ3n) is 2.65. The highest BCUT2D eigenvalue weighted by Crippen LogP contribution is 2.23. The van der Waals surface area contributed by atoms with Crippen LogP contribution < -0.4 is 0 Å². The molecule has 1 aliphatic rings. The second kappa shape index (κ2) is 6.43. The third kappa shape index (κ3) is 4.47. The number of rotatable bonds is 5. The topological polar surface area (TPSA) is 30.9 Å². The van der Waals surface area contributed by atoms with E-state index in [1.165, 1.54) is 0 Å². The molecule has 1 heterocycles. The summed E-state index contributed by atoms with van der Waals surface area (Å²) in [5.74, 6) is 0.